The molecule has 2 aromatic carbocycles. The summed E-state index contributed by atoms with van der Waals surface area (Å²) in [6, 6.07) is 11.7. The number of amides is 1. The fraction of sp³-hybridized carbons (Fsp3) is 0.226. The van der Waals surface area contributed by atoms with E-state index in [4.69, 9.17) is 10.5 Å². The monoisotopic (exact) mass is 585 g/mol. The highest BCUT2D eigenvalue weighted by Gasteiger charge is 2.26. The zero-order chi connectivity index (χ0) is 30.6. The number of rotatable bonds is 6. The quantitative estimate of drug-likeness (QED) is 0.293. The molecule has 0 atom stereocenters. The average Bonchev–Trinajstić information content (AvgIpc) is 2.99. The van der Waals surface area contributed by atoms with Gasteiger partial charge in [-0.25, -0.2) is 13.8 Å². The second-order valence-electron chi connectivity index (χ2n) is 10.3. The molecule has 0 saturated carbocycles. The lowest BCUT2D eigenvalue weighted by Crippen LogP contribution is -2.52. The maximum absolute atomic E-state index is 15.2. The van der Waals surface area contributed by atoms with E-state index in [9.17, 15) is 14.0 Å². The third-order valence-corrected chi connectivity index (χ3v) is 6.91. The van der Waals surface area contributed by atoms with Gasteiger partial charge in [0.25, 0.3) is 11.5 Å². The molecule has 4 aromatic rings. The zero-order valence-electron chi connectivity index (χ0n) is 23.5. The minimum atomic E-state index is -0.775. The first-order valence-electron chi connectivity index (χ1n) is 13.5. The lowest BCUT2D eigenvalue weighted by atomic mass is 10.0. The summed E-state index contributed by atoms with van der Waals surface area (Å²) in [6.45, 7) is 7.51. The molecule has 0 spiro atoms. The second kappa shape index (κ2) is 12.4. The fourth-order valence-electron chi connectivity index (χ4n) is 4.52. The van der Waals surface area contributed by atoms with Crippen molar-refractivity contribution >= 4 is 17.4 Å². The summed E-state index contributed by atoms with van der Waals surface area (Å²) >= 11 is 0. The SMILES string of the molecule is CC(C)(C#Cc1c(Oc2ccc(NC(=O)c3ccnn(-c4ccc(F)cc4)c3=O)cc2F)ccnc1N)N1CCNCC1. The topological polar surface area (TPSA) is 127 Å². The van der Waals surface area contributed by atoms with Crippen LogP contribution in [0.4, 0.5) is 20.3 Å². The van der Waals surface area contributed by atoms with Crippen LogP contribution in [0.2, 0.25) is 0 Å². The van der Waals surface area contributed by atoms with E-state index in [2.05, 4.69) is 37.5 Å². The van der Waals surface area contributed by atoms with E-state index in [0.717, 1.165) is 36.9 Å². The molecule has 0 aliphatic carbocycles. The van der Waals surface area contributed by atoms with Crippen molar-refractivity contribution < 1.29 is 18.3 Å². The van der Waals surface area contributed by atoms with Crippen LogP contribution in [0.5, 0.6) is 11.5 Å². The Kier molecular flexibility index (Phi) is 8.47. The van der Waals surface area contributed by atoms with Gasteiger partial charge in [-0.3, -0.25) is 14.5 Å². The van der Waals surface area contributed by atoms with Crippen molar-refractivity contribution in [2.75, 3.05) is 37.2 Å². The van der Waals surface area contributed by atoms with Gasteiger partial charge in [-0.1, -0.05) is 11.8 Å². The largest absolute Gasteiger partial charge is 0.453 e. The number of nitrogens with one attached hydrogen (secondary N) is 2. The van der Waals surface area contributed by atoms with Gasteiger partial charge in [-0.2, -0.15) is 9.78 Å². The van der Waals surface area contributed by atoms with Crippen molar-refractivity contribution in [3.05, 3.63) is 100 Å². The number of nitrogen functional groups attached to an aromatic ring is 1. The van der Waals surface area contributed by atoms with Crippen molar-refractivity contribution in [2.45, 2.75) is 19.4 Å². The Morgan fingerprint density at radius 2 is 1.79 bits per heavy atom. The molecule has 1 aliphatic heterocycles. The van der Waals surface area contributed by atoms with E-state index in [1.807, 2.05) is 13.8 Å². The van der Waals surface area contributed by atoms with E-state index in [1.54, 1.807) is 6.07 Å². The van der Waals surface area contributed by atoms with Crippen LogP contribution in [-0.2, 0) is 0 Å². The lowest BCUT2D eigenvalue weighted by Gasteiger charge is -2.37. The molecule has 0 unspecified atom stereocenters. The summed E-state index contributed by atoms with van der Waals surface area (Å²) < 4.78 is 35.3. The van der Waals surface area contributed by atoms with Crippen LogP contribution in [0, 0.1) is 23.5 Å². The molecule has 2 aromatic heterocycles. The first-order chi connectivity index (χ1) is 20.6. The van der Waals surface area contributed by atoms with E-state index in [1.165, 1.54) is 54.9 Å². The normalized spacial score (nSPS) is 13.6. The number of carbonyl (C=O) groups excluding carboxylic acids is 1. The summed E-state index contributed by atoms with van der Waals surface area (Å²) in [5.41, 5.74) is 5.41. The Bertz CT molecular complexity index is 1770. The van der Waals surface area contributed by atoms with Crippen LogP contribution in [0.3, 0.4) is 0 Å². The fourth-order valence-corrected chi connectivity index (χ4v) is 4.52. The molecule has 1 amide bonds. The molecule has 0 bridgehead atoms. The molecule has 10 nitrogen and oxygen atoms in total. The van der Waals surface area contributed by atoms with Gasteiger partial charge < -0.3 is 21.1 Å². The van der Waals surface area contributed by atoms with Crippen molar-refractivity contribution in [1.29, 1.82) is 0 Å². The smallest absolute Gasteiger partial charge is 0.284 e. The highest BCUT2D eigenvalue weighted by Crippen LogP contribution is 2.31. The van der Waals surface area contributed by atoms with Crippen molar-refractivity contribution in [2.24, 2.45) is 0 Å². The van der Waals surface area contributed by atoms with Gasteiger partial charge in [0.15, 0.2) is 11.6 Å². The number of aromatic nitrogens is 3. The summed E-state index contributed by atoms with van der Waals surface area (Å²) in [7, 11) is 0. The first-order valence-corrected chi connectivity index (χ1v) is 13.5. The maximum atomic E-state index is 15.2. The molecule has 1 saturated heterocycles. The van der Waals surface area contributed by atoms with E-state index in [0.29, 0.717) is 5.56 Å². The number of anilines is 2. The molecule has 0 radical (unpaired) electrons. The molecule has 220 valence electrons. The van der Waals surface area contributed by atoms with E-state index in [-0.39, 0.29) is 34.3 Å². The second-order valence-corrected chi connectivity index (χ2v) is 10.3. The molecule has 12 heteroatoms. The number of piperazine rings is 1. The van der Waals surface area contributed by atoms with Gasteiger partial charge in [0.05, 0.1) is 11.2 Å². The van der Waals surface area contributed by atoms with Gasteiger partial charge in [0, 0.05) is 56.4 Å². The third kappa shape index (κ3) is 6.69. The van der Waals surface area contributed by atoms with Crippen LogP contribution >= 0.6 is 0 Å². The number of nitrogens with zero attached hydrogens (tertiary/aromatic N) is 4. The number of benzene rings is 2. The summed E-state index contributed by atoms with van der Waals surface area (Å²) in [5, 5.41) is 9.78. The Hall–Kier alpha value is -5.12. The van der Waals surface area contributed by atoms with E-state index < -0.39 is 28.6 Å². The Labute approximate surface area is 246 Å². The molecule has 3 heterocycles. The van der Waals surface area contributed by atoms with Crippen LogP contribution in [0.1, 0.15) is 29.8 Å². The predicted octanol–water partition coefficient (Wildman–Crippen LogP) is 3.57. The minimum Gasteiger partial charge on any atom is -0.453 e. The summed E-state index contributed by atoms with van der Waals surface area (Å²) in [5.74, 6) is 4.55. The molecular weight excluding hydrogens is 556 g/mol. The van der Waals surface area contributed by atoms with E-state index >= 15 is 4.39 Å². The summed E-state index contributed by atoms with van der Waals surface area (Å²) in [4.78, 5) is 32.2. The average molecular weight is 586 g/mol. The highest BCUT2D eigenvalue weighted by atomic mass is 19.1. The molecular formula is C31H29F2N7O3. The van der Waals surface area contributed by atoms with Gasteiger partial charge in [0.1, 0.15) is 28.5 Å². The van der Waals surface area contributed by atoms with Crippen LogP contribution in [-0.4, -0.2) is 57.3 Å². The van der Waals surface area contributed by atoms with Crippen molar-refractivity contribution in [3.8, 4) is 29.0 Å². The number of nitrogens with two attached hydrogens (primary N) is 1. The predicted molar refractivity (Wildman–Crippen MR) is 158 cm³/mol. The molecule has 1 aliphatic rings. The zero-order valence-corrected chi connectivity index (χ0v) is 23.5. The van der Waals surface area contributed by atoms with Gasteiger partial charge >= 0.3 is 0 Å². The van der Waals surface area contributed by atoms with Gasteiger partial charge in [-0.05, 0) is 56.3 Å². The number of hydrogen-bond donors (Lipinski definition) is 3. The Balaban J connectivity index is 1.34. The number of pyridine rings is 1. The van der Waals surface area contributed by atoms with Crippen LogP contribution in [0.15, 0.2) is 71.8 Å². The molecule has 1 fully saturated rings. The molecule has 5 rings (SSSR count). The number of hydrogen-bond acceptors (Lipinski definition) is 8. The Morgan fingerprint density at radius 3 is 2.51 bits per heavy atom. The van der Waals surface area contributed by atoms with Crippen LogP contribution in [0.25, 0.3) is 5.69 Å². The lowest BCUT2D eigenvalue weighted by molar-refractivity contribution is 0.102. The van der Waals surface area contributed by atoms with Gasteiger partial charge in [-0.15, -0.1) is 0 Å². The minimum absolute atomic E-state index is 0.0893. The van der Waals surface area contributed by atoms with Gasteiger partial charge in [0.2, 0.25) is 0 Å². The third-order valence-electron chi connectivity index (χ3n) is 6.91. The number of carbonyl (C=O) groups is 1. The number of ether oxygens (including phenoxy) is 1. The van der Waals surface area contributed by atoms with Crippen molar-refractivity contribution in [3.63, 3.8) is 0 Å². The Morgan fingerprint density at radius 1 is 1.05 bits per heavy atom. The first kappa shape index (κ1) is 29.4. The standard InChI is InChI=1S/C31H29F2N7O3/c1-31(2,39-17-15-35-16-18-39)12-9-23-26(11-13-36-28(23)34)43-27-8-5-21(19-25(27)33)38-29(41)24-10-14-37-40(30(24)42)22-6-3-20(32)4-7-22/h3-8,10-11,13-14,19,35H,15-18H2,1-2H3,(H2,34,36)(H,38,41). The van der Waals surface area contributed by atoms with Crippen LogP contribution < -0.4 is 26.7 Å². The van der Waals surface area contributed by atoms with Crippen molar-refractivity contribution in [1.82, 2.24) is 25.0 Å². The highest BCUT2D eigenvalue weighted by molar-refractivity contribution is 6.04. The maximum Gasteiger partial charge on any atom is 0.284 e. The number of halogens is 2. The summed E-state index contributed by atoms with van der Waals surface area (Å²) in [6.07, 6.45) is 2.71. The molecule has 4 N–H and O–H groups in total. The molecule has 43 heavy (non-hydrogen) atoms.